The van der Waals surface area contributed by atoms with Crippen LogP contribution in [0.15, 0.2) is 24.3 Å². The van der Waals surface area contributed by atoms with Crippen LogP contribution in [-0.4, -0.2) is 6.29 Å². The molecule has 1 aromatic carbocycles. The Bertz CT molecular complexity index is 324. The van der Waals surface area contributed by atoms with Crippen LogP contribution >= 0.6 is 0 Å². The van der Waals surface area contributed by atoms with Crippen LogP contribution in [0.3, 0.4) is 0 Å². The van der Waals surface area contributed by atoms with Crippen molar-refractivity contribution in [3.63, 3.8) is 0 Å². The van der Waals surface area contributed by atoms with E-state index in [1.807, 2.05) is 0 Å². The Morgan fingerprint density at radius 1 is 0.941 bits per heavy atom. The zero-order chi connectivity index (χ0) is 12.4. The molecule has 98 valence electrons. The van der Waals surface area contributed by atoms with E-state index in [9.17, 15) is 8.78 Å². The second kappa shape index (κ2) is 5.34. The number of para-hydroxylation sites is 2. The molecular weight excluding hydrogens is 226 g/mol. The van der Waals surface area contributed by atoms with Crippen molar-refractivity contribution in [1.29, 1.82) is 0 Å². The fourth-order valence-electron chi connectivity index (χ4n) is 0.896. The summed E-state index contributed by atoms with van der Waals surface area (Å²) in [5.41, 5.74) is 0.500. The van der Waals surface area contributed by atoms with Crippen LogP contribution in [0.5, 0.6) is 11.5 Å². The Labute approximate surface area is 102 Å². The van der Waals surface area contributed by atoms with Crippen molar-refractivity contribution in [2.24, 2.45) is 5.41 Å². The number of hydrogen-bond donors (Lipinski definition) is 0. The van der Waals surface area contributed by atoms with Crippen molar-refractivity contribution in [3.8, 4) is 11.5 Å². The Morgan fingerprint density at radius 3 is 1.53 bits per heavy atom. The highest BCUT2D eigenvalue weighted by atomic mass is 19.3. The molecule has 2 nitrogen and oxygen atoms in total. The third-order valence-electron chi connectivity index (χ3n) is 1.31. The quantitative estimate of drug-likeness (QED) is 0.660. The summed E-state index contributed by atoms with van der Waals surface area (Å²) in [7, 11) is 0. The van der Waals surface area contributed by atoms with E-state index in [-0.39, 0.29) is 18.9 Å². The van der Waals surface area contributed by atoms with Crippen LogP contribution in [0.1, 0.15) is 35.1 Å². The topological polar surface area (TPSA) is 18.5 Å². The molecule has 1 aliphatic rings. The Hall–Kier alpha value is -1.32. The molecule has 0 aliphatic carbocycles. The molecule has 1 aromatic rings. The predicted molar refractivity (Wildman–Crippen MR) is 64.5 cm³/mol. The highest BCUT2D eigenvalue weighted by Gasteiger charge is 2.42. The lowest BCUT2D eigenvalue weighted by Gasteiger charge is -2.05. The first-order valence-electron chi connectivity index (χ1n) is 5.02. The molecule has 0 bridgehead atoms. The van der Waals surface area contributed by atoms with Gasteiger partial charge in [-0.1, -0.05) is 47.3 Å². The lowest BCUT2D eigenvalue weighted by atomic mass is 10.0. The van der Waals surface area contributed by atoms with E-state index >= 15 is 0 Å². The van der Waals surface area contributed by atoms with E-state index in [1.165, 1.54) is 12.1 Å². The van der Waals surface area contributed by atoms with E-state index in [4.69, 9.17) is 0 Å². The molecule has 0 spiro atoms. The maximum atomic E-state index is 12.3. The van der Waals surface area contributed by atoms with Crippen LogP contribution in [0.4, 0.5) is 8.78 Å². The maximum absolute atomic E-state index is 12.3. The minimum absolute atomic E-state index is 0. The van der Waals surface area contributed by atoms with Crippen molar-refractivity contribution in [2.45, 2.75) is 41.4 Å². The molecule has 2 rings (SSSR count). The predicted octanol–water partition coefficient (Wildman–Crippen LogP) is 4.70. The minimum Gasteiger partial charge on any atom is -0.395 e. The van der Waals surface area contributed by atoms with Crippen LogP contribution in [-0.2, 0) is 0 Å². The zero-order valence-electron chi connectivity index (χ0n) is 9.88. The number of ether oxygens (including phenoxy) is 2. The van der Waals surface area contributed by atoms with E-state index in [0.29, 0.717) is 5.41 Å². The SMILES string of the molecule is C.CC(C)(C)C.FC1(F)Oc2ccccc2O1. The van der Waals surface area contributed by atoms with Crippen LogP contribution < -0.4 is 9.47 Å². The van der Waals surface area contributed by atoms with Gasteiger partial charge in [0.25, 0.3) is 0 Å². The van der Waals surface area contributed by atoms with Gasteiger partial charge in [-0.05, 0) is 17.5 Å². The van der Waals surface area contributed by atoms with Gasteiger partial charge in [-0.3, -0.25) is 0 Å². The number of alkyl halides is 2. The van der Waals surface area contributed by atoms with Gasteiger partial charge in [-0.25, -0.2) is 0 Å². The second-order valence-corrected chi connectivity index (χ2v) is 5.11. The lowest BCUT2D eigenvalue weighted by molar-refractivity contribution is -0.286. The second-order valence-electron chi connectivity index (χ2n) is 5.11. The summed E-state index contributed by atoms with van der Waals surface area (Å²) in [6, 6.07) is 6.06. The van der Waals surface area contributed by atoms with E-state index < -0.39 is 6.29 Å². The summed E-state index contributed by atoms with van der Waals surface area (Å²) in [6.07, 6.45) is -3.50. The van der Waals surface area contributed by atoms with Gasteiger partial charge >= 0.3 is 6.29 Å². The molecule has 0 amide bonds. The van der Waals surface area contributed by atoms with Crippen molar-refractivity contribution < 1.29 is 18.3 Å². The van der Waals surface area contributed by atoms with Gasteiger partial charge in [-0.2, -0.15) is 0 Å². The van der Waals surface area contributed by atoms with Gasteiger partial charge in [0.2, 0.25) is 0 Å². The van der Waals surface area contributed by atoms with E-state index in [0.717, 1.165) is 0 Å². The van der Waals surface area contributed by atoms with Crippen molar-refractivity contribution in [3.05, 3.63) is 24.3 Å². The summed E-state index contributed by atoms with van der Waals surface area (Å²) in [6.45, 7) is 8.75. The van der Waals surface area contributed by atoms with Gasteiger partial charge in [0.05, 0.1) is 0 Å². The standard InChI is InChI=1S/C7H4F2O2.C5H12.CH4/c8-7(9)10-5-3-1-2-4-6(5)11-7;1-5(2,3)4;/h1-4H;1-4H3;1H4. The molecule has 1 aliphatic heterocycles. The summed E-state index contributed by atoms with van der Waals surface area (Å²) in [5.74, 6) is 0.162. The molecule has 0 saturated carbocycles. The summed E-state index contributed by atoms with van der Waals surface area (Å²) in [4.78, 5) is 0. The van der Waals surface area contributed by atoms with Crippen LogP contribution in [0, 0.1) is 5.41 Å². The molecule has 1 heterocycles. The largest absolute Gasteiger partial charge is 0.586 e. The highest BCUT2D eigenvalue weighted by molar-refractivity contribution is 5.41. The monoisotopic (exact) mass is 246 g/mol. The van der Waals surface area contributed by atoms with Crippen LogP contribution in [0.2, 0.25) is 0 Å². The minimum atomic E-state index is -3.50. The third-order valence-corrected chi connectivity index (χ3v) is 1.31. The molecule has 0 unspecified atom stereocenters. The van der Waals surface area contributed by atoms with Gasteiger partial charge < -0.3 is 9.47 Å². The van der Waals surface area contributed by atoms with Crippen molar-refractivity contribution in [2.75, 3.05) is 0 Å². The number of hydrogen-bond acceptors (Lipinski definition) is 2. The summed E-state index contributed by atoms with van der Waals surface area (Å²) < 4.78 is 32.9. The van der Waals surface area contributed by atoms with Gasteiger partial charge in [0.15, 0.2) is 11.5 Å². The van der Waals surface area contributed by atoms with Crippen molar-refractivity contribution >= 4 is 0 Å². The maximum Gasteiger partial charge on any atom is 0.586 e. The Morgan fingerprint density at radius 2 is 1.24 bits per heavy atom. The Kier molecular flexibility index (Phi) is 4.93. The van der Waals surface area contributed by atoms with Crippen molar-refractivity contribution in [1.82, 2.24) is 0 Å². The number of fused-ring (bicyclic) bond motifs is 1. The number of rotatable bonds is 0. The molecule has 17 heavy (non-hydrogen) atoms. The number of halogens is 2. The van der Waals surface area contributed by atoms with Gasteiger partial charge in [0.1, 0.15) is 0 Å². The van der Waals surface area contributed by atoms with E-state index in [1.54, 1.807) is 12.1 Å². The molecule has 4 heteroatoms. The average Bonchev–Trinajstić information content (AvgIpc) is 2.34. The molecule has 0 saturated heterocycles. The lowest BCUT2D eigenvalue weighted by Crippen LogP contribution is -2.25. The first-order valence-corrected chi connectivity index (χ1v) is 5.02. The first kappa shape index (κ1) is 15.7. The van der Waals surface area contributed by atoms with Gasteiger partial charge in [0, 0.05) is 0 Å². The third kappa shape index (κ3) is 6.09. The molecule has 0 atom stereocenters. The summed E-state index contributed by atoms with van der Waals surface area (Å²) >= 11 is 0. The number of benzene rings is 1. The molecule has 0 aromatic heterocycles. The van der Waals surface area contributed by atoms with E-state index in [2.05, 4.69) is 37.2 Å². The average molecular weight is 246 g/mol. The smallest absolute Gasteiger partial charge is 0.395 e. The normalized spacial score (nSPS) is 15.4. The fourth-order valence-corrected chi connectivity index (χ4v) is 0.896. The Balaban J connectivity index is 0.000000373. The first-order chi connectivity index (χ1) is 7.17. The zero-order valence-corrected chi connectivity index (χ0v) is 9.88. The summed E-state index contributed by atoms with van der Waals surface area (Å²) in [5, 5.41) is 0. The van der Waals surface area contributed by atoms with Crippen LogP contribution in [0.25, 0.3) is 0 Å². The highest BCUT2D eigenvalue weighted by Crippen LogP contribution is 2.39. The molecule has 0 fully saturated rings. The molecule has 0 N–H and O–H groups in total. The fraction of sp³-hybridized carbons (Fsp3) is 0.538. The molecule has 0 radical (unpaired) electrons. The van der Waals surface area contributed by atoms with Gasteiger partial charge in [-0.15, -0.1) is 8.78 Å². The molecular formula is C13H20F2O2.